The van der Waals surface area contributed by atoms with Gasteiger partial charge in [0.05, 0.1) is 17.1 Å². The molecule has 1 heterocycles. The quantitative estimate of drug-likeness (QED) is 0.923. The number of hydrogen-bond donors (Lipinski definition) is 1. The lowest BCUT2D eigenvalue weighted by Crippen LogP contribution is -2.34. The number of benzene rings is 1. The SMILES string of the molecule is CC(C)CCS(=O)(=O)N1CCCNc2ccccc21. The first-order valence-electron chi connectivity index (χ1n) is 6.84. The summed E-state index contributed by atoms with van der Waals surface area (Å²) in [6.07, 6.45) is 1.53. The molecule has 1 aliphatic rings. The Balaban J connectivity index is 2.28. The van der Waals surface area contributed by atoms with Gasteiger partial charge in [-0.05, 0) is 30.9 Å². The lowest BCUT2D eigenvalue weighted by molar-refractivity contribution is 0.569. The summed E-state index contributed by atoms with van der Waals surface area (Å²) in [4.78, 5) is 0. The molecule has 1 N–H and O–H groups in total. The molecule has 0 saturated heterocycles. The van der Waals surface area contributed by atoms with E-state index in [0.717, 1.165) is 24.3 Å². The standard InChI is InChI=1S/C14H22N2O2S/c1-12(2)8-11-19(17,18)16-10-5-9-15-13-6-3-4-7-14(13)16/h3-4,6-7,12,15H,5,8-11H2,1-2H3. The molecule has 0 radical (unpaired) electrons. The van der Waals surface area contributed by atoms with Crippen molar-refractivity contribution in [1.82, 2.24) is 0 Å². The third-order valence-electron chi connectivity index (χ3n) is 3.32. The maximum Gasteiger partial charge on any atom is 0.235 e. The van der Waals surface area contributed by atoms with E-state index in [4.69, 9.17) is 0 Å². The number of nitrogens with one attached hydrogen (secondary N) is 1. The second-order valence-corrected chi connectivity index (χ2v) is 7.38. The lowest BCUT2D eigenvalue weighted by atomic mass is 10.2. The number of anilines is 2. The molecule has 0 fully saturated rings. The van der Waals surface area contributed by atoms with Crippen molar-refractivity contribution in [3.05, 3.63) is 24.3 Å². The Morgan fingerprint density at radius 2 is 2.05 bits per heavy atom. The molecule has 0 spiro atoms. The summed E-state index contributed by atoms with van der Waals surface area (Å²) in [5.74, 6) is 0.619. The predicted octanol–water partition coefficient (Wildman–Crippen LogP) is 2.68. The van der Waals surface area contributed by atoms with Crippen LogP contribution in [0.25, 0.3) is 0 Å². The number of rotatable bonds is 4. The van der Waals surface area contributed by atoms with Crippen LogP contribution in [0.2, 0.25) is 0 Å². The zero-order valence-corrected chi connectivity index (χ0v) is 12.4. The van der Waals surface area contributed by atoms with Gasteiger partial charge in [0.15, 0.2) is 0 Å². The van der Waals surface area contributed by atoms with Gasteiger partial charge < -0.3 is 5.32 Å². The minimum Gasteiger partial charge on any atom is -0.383 e. The van der Waals surface area contributed by atoms with E-state index in [1.807, 2.05) is 38.1 Å². The number of fused-ring (bicyclic) bond motifs is 1. The van der Waals surface area contributed by atoms with Gasteiger partial charge in [-0.3, -0.25) is 4.31 Å². The highest BCUT2D eigenvalue weighted by Crippen LogP contribution is 2.30. The van der Waals surface area contributed by atoms with Crippen LogP contribution in [0.5, 0.6) is 0 Å². The van der Waals surface area contributed by atoms with Gasteiger partial charge in [-0.1, -0.05) is 26.0 Å². The Bertz CT molecular complexity index is 526. The van der Waals surface area contributed by atoms with Crippen molar-refractivity contribution in [3.8, 4) is 0 Å². The molecular formula is C14H22N2O2S. The molecule has 0 atom stereocenters. The van der Waals surface area contributed by atoms with E-state index in [1.54, 1.807) is 4.31 Å². The number of para-hydroxylation sites is 2. The molecule has 0 saturated carbocycles. The summed E-state index contributed by atoms with van der Waals surface area (Å²) < 4.78 is 26.6. The summed E-state index contributed by atoms with van der Waals surface area (Å²) >= 11 is 0. The van der Waals surface area contributed by atoms with Crippen molar-refractivity contribution in [2.75, 3.05) is 28.5 Å². The van der Waals surface area contributed by atoms with E-state index < -0.39 is 10.0 Å². The second kappa shape index (κ2) is 5.82. The third-order valence-corrected chi connectivity index (χ3v) is 5.12. The minimum absolute atomic E-state index is 0.221. The second-order valence-electron chi connectivity index (χ2n) is 5.37. The maximum atomic E-state index is 12.5. The Hall–Kier alpha value is -1.23. The van der Waals surface area contributed by atoms with Gasteiger partial charge in [0.25, 0.3) is 0 Å². The number of nitrogens with zero attached hydrogens (tertiary/aromatic N) is 1. The largest absolute Gasteiger partial charge is 0.383 e. The maximum absolute atomic E-state index is 12.5. The summed E-state index contributed by atoms with van der Waals surface area (Å²) in [6.45, 7) is 5.47. The van der Waals surface area contributed by atoms with E-state index in [1.165, 1.54) is 0 Å². The highest BCUT2D eigenvalue weighted by molar-refractivity contribution is 7.92. The molecule has 1 aromatic rings. The molecule has 5 heteroatoms. The molecule has 2 rings (SSSR count). The Morgan fingerprint density at radius 3 is 2.79 bits per heavy atom. The fourth-order valence-corrected chi connectivity index (χ4v) is 4.05. The molecule has 4 nitrogen and oxygen atoms in total. The van der Waals surface area contributed by atoms with Crippen LogP contribution >= 0.6 is 0 Å². The summed E-state index contributed by atoms with van der Waals surface area (Å²) in [5.41, 5.74) is 1.69. The van der Waals surface area contributed by atoms with Crippen molar-refractivity contribution in [3.63, 3.8) is 0 Å². The average molecular weight is 282 g/mol. The zero-order valence-electron chi connectivity index (χ0n) is 11.6. The monoisotopic (exact) mass is 282 g/mol. The van der Waals surface area contributed by atoms with E-state index in [9.17, 15) is 8.42 Å². The molecule has 0 aliphatic carbocycles. The Kier molecular flexibility index (Phi) is 4.34. The van der Waals surface area contributed by atoms with Gasteiger partial charge in [-0.25, -0.2) is 8.42 Å². The lowest BCUT2D eigenvalue weighted by Gasteiger charge is -2.24. The first-order chi connectivity index (χ1) is 9.00. The van der Waals surface area contributed by atoms with Crippen molar-refractivity contribution >= 4 is 21.4 Å². The van der Waals surface area contributed by atoms with Crippen LogP contribution in [0, 0.1) is 5.92 Å². The Labute approximate surface area is 115 Å². The van der Waals surface area contributed by atoms with E-state index in [-0.39, 0.29) is 5.75 Å². The summed E-state index contributed by atoms with van der Waals surface area (Å²) in [5, 5.41) is 3.29. The van der Waals surface area contributed by atoms with Gasteiger partial charge in [0.1, 0.15) is 0 Å². The van der Waals surface area contributed by atoms with E-state index in [0.29, 0.717) is 18.9 Å². The fraction of sp³-hybridized carbons (Fsp3) is 0.571. The number of sulfonamides is 1. The molecule has 19 heavy (non-hydrogen) atoms. The first kappa shape index (κ1) is 14.2. The van der Waals surface area contributed by atoms with Gasteiger partial charge in [-0.2, -0.15) is 0 Å². The minimum atomic E-state index is -3.22. The van der Waals surface area contributed by atoms with Crippen LogP contribution in [-0.4, -0.2) is 27.3 Å². The molecule has 1 aliphatic heterocycles. The molecule has 106 valence electrons. The van der Waals surface area contributed by atoms with Gasteiger partial charge >= 0.3 is 0 Å². The fourth-order valence-electron chi connectivity index (χ4n) is 2.19. The summed E-state index contributed by atoms with van der Waals surface area (Å²) in [7, 11) is -3.22. The highest BCUT2D eigenvalue weighted by atomic mass is 32.2. The van der Waals surface area contributed by atoms with Crippen LogP contribution in [0.4, 0.5) is 11.4 Å². The van der Waals surface area contributed by atoms with Gasteiger partial charge in [0.2, 0.25) is 10.0 Å². The van der Waals surface area contributed by atoms with Gasteiger partial charge in [0, 0.05) is 13.1 Å². The van der Waals surface area contributed by atoms with Crippen LogP contribution in [-0.2, 0) is 10.0 Å². The van der Waals surface area contributed by atoms with Crippen LogP contribution in [0.3, 0.4) is 0 Å². The number of hydrogen-bond acceptors (Lipinski definition) is 3. The van der Waals surface area contributed by atoms with E-state index in [2.05, 4.69) is 5.32 Å². The average Bonchev–Trinajstić information content (AvgIpc) is 2.59. The van der Waals surface area contributed by atoms with Crippen LogP contribution < -0.4 is 9.62 Å². The third kappa shape index (κ3) is 3.41. The molecular weight excluding hydrogens is 260 g/mol. The van der Waals surface area contributed by atoms with Crippen LogP contribution in [0.1, 0.15) is 26.7 Å². The topological polar surface area (TPSA) is 49.4 Å². The summed E-state index contributed by atoms with van der Waals surface area (Å²) in [6, 6.07) is 7.62. The molecule has 0 unspecified atom stereocenters. The zero-order chi connectivity index (χ0) is 13.9. The van der Waals surface area contributed by atoms with Crippen molar-refractivity contribution in [1.29, 1.82) is 0 Å². The smallest absolute Gasteiger partial charge is 0.235 e. The molecule has 0 aromatic heterocycles. The van der Waals surface area contributed by atoms with E-state index >= 15 is 0 Å². The molecule has 1 aromatic carbocycles. The van der Waals surface area contributed by atoms with Gasteiger partial charge in [-0.15, -0.1) is 0 Å². The van der Waals surface area contributed by atoms with Crippen molar-refractivity contribution in [2.45, 2.75) is 26.7 Å². The Morgan fingerprint density at radius 1 is 1.32 bits per heavy atom. The first-order valence-corrected chi connectivity index (χ1v) is 8.45. The van der Waals surface area contributed by atoms with Crippen molar-refractivity contribution in [2.24, 2.45) is 5.92 Å². The highest BCUT2D eigenvalue weighted by Gasteiger charge is 2.25. The van der Waals surface area contributed by atoms with Crippen LogP contribution in [0.15, 0.2) is 24.3 Å². The molecule has 0 bridgehead atoms. The predicted molar refractivity (Wildman–Crippen MR) is 80.1 cm³/mol. The van der Waals surface area contributed by atoms with Crippen molar-refractivity contribution < 1.29 is 8.42 Å². The molecule has 0 amide bonds. The normalized spacial score (nSPS) is 15.8.